The zero-order valence-electron chi connectivity index (χ0n) is 10.1. The third kappa shape index (κ3) is 2.37. The number of amides is 2. The minimum Gasteiger partial charge on any atom is -0.495 e. The third-order valence-electron chi connectivity index (χ3n) is 2.80. The second-order valence-corrected chi connectivity index (χ2v) is 4.03. The number of carbonyl (C=O) groups excluding carboxylic acids is 2. The summed E-state index contributed by atoms with van der Waals surface area (Å²) in [6, 6.07) is 4.85. The van der Waals surface area contributed by atoms with Gasteiger partial charge < -0.3 is 20.7 Å². The van der Waals surface area contributed by atoms with Gasteiger partial charge in [0.25, 0.3) is 5.91 Å². The zero-order chi connectivity index (χ0) is 13.1. The van der Waals surface area contributed by atoms with E-state index in [-0.39, 0.29) is 18.4 Å². The van der Waals surface area contributed by atoms with Gasteiger partial charge >= 0.3 is 0 Å². The molecule has 1 aromatic rings. The standard InChI is InChI=1S/C12H15N3O3/c1-18-10-3-2-8(6-9(10)13)12(17)15-5-4-14-11(16)7-15/h2-3,6H,4-5,7,13H2,1H3,(H,14,16). The van der Waals surface area contributed by atoms with E-state index in [9.17, 15) is 9.59 Å². The van der Waals surface area contributed by atoms with E-state index in [1.807, 2.05) is 0 Å². The molecule has 1 saturated heterocycles. The molecule has 6 nitrogen and oxygen atoms in total. The molecule has 0 aliphatic carbocycles. The smallest absolute Gasteiger partial charge is 0.254 e. The molecule has 0 radical (unpaired) electrons. The highest BCUT2D eigenvalue weighted by Crippen LogP contribution is 2.22. The van der Waals surface area contributed by atoms with Gasteiger partial charge in [-0.1, -0.05) is 0 Å². The van der Waals surface area contributed by atoms with Crippen LogP contribution in [0.5, 0.6) is 5.75 Å². The minimum atomic E-state index is -0.195. The number of methoxy groups -OCH3 is 1. The van der Waals surface area contributed by atoms with Gasteiger partial charge in [-0.15, -0.1) is 0 Å². The first-order valence-corrected chi connectivity index (χ1v) is 5.61. The van der Waals surface area contributed by atoms with Gasteiger partial charge in [-0.3, -0.25) is 9.59 Å². The lowest BCUT2D eigenvalue weighted by Gasteiger charge is -2.26. The van der Waals surface area contributed by atoms with Crippen LogP contribution in [0.3, 0.4) is 0 Å². The number of ether oxygens (including phenoxy) is 1. The fourth-order valence-corrected chi connectivity index (χ4v) is 1.86. The molecule has 0 unspecified atom stereocenters. The average molecular weight is 249 g/mol. The summed E-state index contributed by atoms with van der Waals surface area (Å²) in [5, 5.41) is 2.67. The van der Waals surface area contributed by atoms with E-state index in [0.717, 1.165) is 0 Å². The lowest BCUT2D eigenvalue weighted by Crippen LogP contribution is -2.49. The lowest BCUT2D eigenvalue weighted by molar-refractivity contribution is -0.123. The number of hydrogen-bond acceptors (Lipinski definition) is 4. The maximum atomic E-state index is 12.1. The van der Waals surface area contributed by atoms with Crippen LogP contribution in [0.15, 0.2) is 18.2 Å². The molecule has 0 aromatic heterocycles. The first-order chi connectivity index (χ1) is 8.61. The van der Waals surface area contributed by atoms with Gasteiger partial charge in [0.05, 0.1) is 19.3 Å². The summed E-state index contributed by atoms with van der Waals surface area (Å²) < 4.78 is 5.03. The SMILES string of the molecule is COc1ccc(C(=O)N2CCNC(=O)C2)cc1N. The number of anilines is 1. The fraction of sp³-hybridized carbons (Fsp3) is 0.333. The summed E-state index contributed by atoms with van der Waals surface area (Å²) in [6.45, 7) is 1.08. The van der Waals surface area contributed by atoms with Gasteiger partial charge in [-0.2, -0.15) is 0 Å². The van der Waals surface area contributed by atoms with Crippen molar-refractivity contribution < 1.29 is 14.3 Å². The largest absolute Gasteiger partial charge is 0.495 e. The highest BCUT2D eigenvalue weighted by molar-refractivity contribution is 5.98. The summed E-state index contributed by atoms with van der Waals surface area (Å²) in [7, 11) is 1.52. The molecule has 96 valence electrons. The maximum absolute atomic E-state index is 12.1. The molecule has 1 heterocycles. The van der Waals surface area contributed by atoms with Crippen LogP contribution in [0.25, 0.3) is 0 Å². The van der Waals surface area contributed by atoms with Crippen molar-refractivity contribution in [3.63, 3.8) is 0 Å². The van der Waals surface area contributed by atoms with Crippen LogP contribution in [0, 0.1) is 0 Å². The van der Waals surface area contributed by atoms with E-state index in [4.69, 9.17) is 10.5 Å². The molecule has 6 heteroatoms. The molecule has 1 aliphatic heterocycles. The van der Waals surface area contributed by atoms with Crippen LogP contribution in [0.4, 0.5) is 5.69 Å². The predicted octanol–water partition coefficient (Wildman–Crippen LogP) is -0.151. The molecular weight excluding hydrogens is 234 g/mol. The van der Waals surface area contributed by atoms with Crippen LogP contribution in [-0.4, -0.2) is 43.5 Å². The highest BCUT2D eigenvalue weighted by atomic mass is 16.5. The number of piperazine rings is 1. The number of nitrogens with one attached hydrogen (secondary N) is 1. The Morgan fingerprint density at radius 3 is 2.89 bits per heavy atom. The van der Waals surface area contributed by atoms with Crippen LogP contribution in [-0.2, 0) is 4.79 Å². The number of nitrogens with two attached hydrogens (primary N) is 1. The second-order valence-electron chi connectivity index (χ2n) is 4.03. The van der Waals surface area contributed by atoms with Gasteiger partial charge in [0.2, 0.25) is 5.91 Å². The van der Waals surface area contributed by atoms with Crippen molar-refractivity contribution in [3.8, 4) is 5.75 Å². The van der Waals surface area contributed by atoms with E-state index in [2.05, 4.69) is 5.32 Å². The average Bonchev–Trinajstić information content (AvgIpc) is 2.37. The summed E-state index contributed by atoms with van der Waals surface area (Å²) >= 11 is 0. The summed E-state index contributed by atoms with van der Waals surface area (Å²) in [5.74, 6) is 0.193. The van der Waals surface area contributed by atoms with Crippen molar-refractivity contribution in [1.82, 2.24) is 10.2 Å². The molecule has 1 aliphatic rings. The number of carbonyl (C=O) groups is 2. The van der Waals surface area contributed by atoms with Gasteiger partial charge in [0.1, 0.15) is 5.75 Å². The third-order valence-corrected chi connectivity index (χ3v) is 2.80. The number of nitrogen functional groups attached to an aromatic ring is 1. The van der Waals surface area contributed by atoms with Crippen molar-refractivity contribution in [2.75, 3.05) is 32.5 Å². The Morgan fingerprint density at radius 1 is 1.50 bits per heavy atom. The first-order valence-electron chi connectivity index (χ1n) is 5.61. The number of benzene rings is 1. The van der Waals surface area contributed by atoms with Gasteiger partial charge in [-0.25, -0.2) is 0 Å². The lowest BCUT2D eigenvalue weighted by atomic mass is 10.1. The van der Waals surface area contributed by atoms with E-state index in [1.165, 1.54) is 12.0 Å². The number of hydrogen-bond donors (Lipinski definition) is 2. The number of nitrogens with zero attached hydrogens (tertiary/aromatic N) is 1. The topological polar surface area (TPSA) is 84.7 Å². The van der Waals surface area contributed by atoms with Crippen molar-refractivity contribution in [2.24, 2.45) is 0 Å². The Kier molecular flexibility index (Phi) is 3.36. The number of rotatable bonds is 2. The van der Waals surface area contributed by atoms with E-state index in [0.29, 0.717) is 30.1 Å². The first kappa shape index (κ1) is 12.2. The summed E-state index contributed by atoms with van der Waals surface area (Å²) in [6.07, 6.45) is 0. The molecule has 0 saturated carbocycles. The fourth-order valence-electron chi connectivity index (χ4n) is 1.86. The van der Waals surface area contributed by atoms with Crippen molar-refractivity contribution >= 4 is 17.5 Å². The predicted molar refractivity (Wildman–Crippen MR) is 66.3 cm³/mol. The van der Waals surface area contributed by atoms with Crippen LogP contribution in [0.1, 0.15) is 10.4 Å². The van der Waals surface area contributed by atoms with E-state index < -0.39 is 0 Å². The van der Waals surface area contributed by atoms with Crippen molar-refractivity contribution in [2.45, 2.75) is 0 Å². The highest BCUT2D eigenvalue weighted by Gasteiger charge is 2.22. The second kappa shape index (κ2) is 4.95. The molecule has 2 amide bonds. The summed E-state index contributed by atoms with van der Waals surface area (Å²) in [4.78, 5) is 24.9. The molecule has 0 bridgehead atoms. The Bertz CT molecular complexity index is 487. The molecule has 0 spiro atoms. The van der Waals surface area contributed by atoms with Crippen molar-refractivity contribution in [1.29, 1.82) is 0 Å². The molecule has 2 rings (SSSR count). The Labute approximate surface area is 105 Å². The molecule has 3 N–H and O–H groups in total. The molecule has 1 aromatic carbocycles. The molecule has 0 atom stereocenters. The quantitative estimate of drug-likeness (QED) is 0.714. The Hall–Kier alpha value is -2.24. The van der Waals surface area contributed by atoms with Gasteiger partial charge in [-0.05, 0) is 18.2 Å². The van der Waals surface area contributed by atoms with Gasteiger partial charge in [0, 0.05) is 18.7 Å². The van der Waals surface area contributed by atoms with E-state index in [1.54, 1.807) is 18.2 Å². The normalized spacial score (nSPS) is 15.2. The van der Waals surface area contributed by atoms with Gasteiger partial charge in [0.15, 0.2) is 0 Å². The summed E-state index contributed by atoms with van der Waals surface area (Å²) in [5.41, 5.74) is 6.62. The molecule has 18 heavy (non-hydrogen) atoms. The maximum Gasteiger partial charge on any atom is 0.254 e. The zero-order valence-corrected chi connectivity index (χ0v) is 10.1. The van der Waals surface area contributed by atoms with E-state index >= 15 is 0 Å². The van der Waals surface area contributed by atoms with Crippen LogP contribution >= 0.6 is 0 Å². The molecule has 1 fully saturated rings. The van der Waals surface area contributed by atoms with Crippen molar-refractivity contribution in [3.05, 3.63) is 23.8 Å². The monoisotopic (exact) mass is 249 g/mol. The minimum absolute atomic E-state index is 0.0881. The Morgan fingerprint density at radius 2 is 2.28 bits per heavy atom. The van der Waals surface area contributed by atoms with Crippen LogP contribution in [0.2, 0.25) is 0 Å². The molecular formula is C12H15N3O3. The van der Waals surface area contributed by atoms with Crippen LogP contribution < -0.4 is 15.8 Å². The Balaban J connectivity index is 2.18.